The molecule has 0 spiro atoms. The fourth-order valence-corrected chi connectivity index (χ4v) is 9.24. The zero-order valence-electron chi connectivity index (χ0n) is 30.1. The smallest absolute Gasteiger partial charge is 0.264 e. The van der Waals surface area contributed by atoms with Crippen molar-refractivity contribution in [2.24, 2.45) is 0 Å². The van der Waals surface area contributed by atoms with Gasteiger partial charge in [0.1, 0.15) is 11.0 Å². The van der Waals surface area contributed by atoms with E-state index in [1.807, 2.05) is 39.8 Å². The van der Waals surface area contributed by atoms with Crippen molar-refractivity contribution in [1.82, 2.24) is 19.8 Å². The molecule has 1 aliphatic rings. The Labute approximate surface area is 309 Å². The number of aromatic nitrogens is 4. The first-order chi connectivity index (χ1) is 25.4. The second kappa shape index (κ2) is 14.9. The third-order valence-electron chi connectivity index (χ3n) is 9.03. The van der Waals surface area contributed by atoms with Crippen LogP contribution in [0.3, 0.4) is 0 Å². The van der Waals surface area contributed by atoms with Gasteiger partial charge in [-0.1, -0.05) is 35.4 Å². The van der Waals surface area contributed by atoms with E-state index in [0.717, 1.165) is 22.3 Å². The molecule has 0 fully saturated rings. The van der Waals surface area contributed by atoms with E-state index in [-0.39, 0.29) is 62.5 Å². The molecule has 13 nitrogen and oxygen atoms in total. The lowest BCUT2D eigenvalue weighted by atomic mass is 10.1. The van der Waals surface area contributed by atoms with E-state index in [0.29, 0.717) is 33.2 Å². The van der Waals surface area contributed by atoms with Crippen molar-refractivity contribution in [3.8, 4) is 0 Å². The van der Waals surface area contributed by atoms with Crippen molar-refractivity contribution in [3.05, 3.63) is 107 Å². The van der Waals surface area contributed by atoms with Gasteiger partial charge in [-0.05, 0) is 87.4 Å². The first kappa shape index (κ1) is 36.6. The number of aryl methyl sites for hydroxylation is 4. The lowest BCUT2D eigenvalue weighted by molar-refractivity contribution is 0.0177. The predicted octanol–water partition coefficient (Wildman–Crippen LogP) is 5.39. The molecule has 2 aromatic heterocycles. The highest BCUT2D eigenvalue weighted by atomic mass is 32.2. The van der Waals surface area contributed by atoms with Crippen LogP contribution >= 0.6 is 0 Å². The molecule has 4 bridgehead atoms. The molecule has 6 aromatic rings. The van der Waals surface area contributed by atoms with Crippen LogP contribution in [-0.2, 0) is 34.3 Å². The van der Waals surface area contributed by atoms with Crippen molar-refractivity contribution in [1.29, 1.82) is 0 Å². The molecule has 4 aromatic carbocycles. The van der Waals surface area contributed by atoms with Crippen molar-refractivity contribution >= 4 is 53.2 Å². The van der Waals surface area contributed by atoms with Gasteiger partial charge in [0, 0.05) is 10.8 Å². The normalized spacial score (nSPS) is 15.7. The molecule has 0 unspecified atom stereocenters. The van der Waals surface area contributed by atoms with Crippen LogP contribution in [0, 0.1) is 27.7 Å². The lowest BCUT2D eigenvalue weighted by Gasteiger charge is -2.25. The number of hydrogen-bond donors (Lipinski definition) is 0. The van der Waals surface area contributed by atoms with E-state index in [9.17, 15) is 16.8 Å². The van der Waals surface area contributed by atoms with Gasteiger partial charge >= 0.3 is 0 Å². The third-order valence-corrected chi connectivity index (χ3v) is 12.7. The highest BCUT2D eigenvalue weighted by molar-refractivity contribution is 7.93. The highest BCUT2D eigenvalue weighted by Gasteiger charge is 2.30. The van der Waals surface area contributed by atoms with Crippen LogP contribution in [0.15, 0.2) is 95.0 Å². The van der Waals surface area contributed by atoms with Gasteiger partial charge in [0.2, 0.25) is 0 Å². The van der Waals surface area contributed by atoms with Crippen LogP contribution in [0.5, 0.6) is 0 Å². The molecule has 0 radical (unpaired) electrons. The summed E-state index contributed by atoms with van der Waals surface area (Å²) in [6, 6.07) is 21.0. The van der Waals surface area contributed by atoms with Crippen LogP contribution in [-0.4, -0.2) is 89.3 Å². The molecule has 53 heavy (non-hydrogen) atoms. The number of ether oxygens (including phenoxy) is 3. The molecule has 0 N–H and O–H groups in total. The number of nitrogens with zero attached hydrogens (tertiary/aromatic N) is 6. The number of rotatable bonds is 4. The van der Waals surface area contributed by atoms with Crippen molar-refractivity contribution in [3.63, 3.8) is 0 Å². The minimum absolute atomic E-state index is 0.0321. The van der Waals surface area contributed by atoms with Crippen molar-refractivity contribution in [2.45, 2.75) is 37.5 Å². The Hall–Kier alpha value is -4.80. The molecular weight excluding hydrogens is 717 g/mol. The fourth-order valence-electron chi connectivity index (χ4n) is 6.34. The quantitative estimate of drug-likeness (QED) is 0.232. The summed E-state index contributed by atoms with van der Waals surface area (Å²) >= 11 is 0. The summed E-state index contributed by atoms with van der Waals surface area (Å²) in [6.45, 7) is 8.91. The Morgan fingerprint density at radius 2 is 0.849 bits per heavy atom. The zero-order valence-corrected chi connectivity index (χ0v) is 31.7. The van der Waals surface area contributed by atoms with Gasteiger partial charge in [-0.3, -0.25) is 8.61 Å². The Kier molecular flexibility index (Phi) is 10.3. The molecule has 0 saturated carbocycles. The first-order valence-corrected chi connectivity index (χ1v) is 20.2. The summed E-state index contributed by atoms with van der Waals surface area (Å²) < 4.78 is 77.3. The second-order valence-corrected chi connectivity index (χ2v) is 16.9. The minimum atomic E-state index is -4.04. The summed E-state index contributed by atoms with van der Waals surface area (Å²) in [5, 5.41) is 11.1. The molecule has 15 heteroatoms. The summed E-state index contributed by atoms with van der Waals surface area (Å²) in [6.07, 6.45) is 3.55. The van der Waals surface area contributed by atoms with Gasteiger partial charge in [0.15, 0.2) is 0 Å². The van der Waals surface area contributed by atoms with E-state index in [1.165, 1.54) is 18.2 Å². The number of fused-ring (bicyclic) bond motifs is 3. The number of anilines is 2. The summed E-state index contributed by atoms with van der Waals surface area (Å²) in [7, 11) is -8.08. The van der Waals surface area contributed by atoms with Gasteiger partial charge in [0.25, 0.3) is 20.0 Å². The lowest BCUT2D eigenvalue weighted by Crippen LogP contribution is -2.35. The van der Waals surface area contributed by atoms with Gasteiger partial charge in [-0.2, -0.15) is 9.58 Å². The molecular formula is C38H42N6O7S2. The third kappa shape index (κ3) is 7.53. The molecule has 0 atom stereocenters. The summed E-state index contributed by atoms with van der Waals surface area (Å²) in [5.41, 5.74) is 5.23. The standard InChI is InChI=1S/C38H42N6O7S2/c1-27-5-9-33(10-6-27)52(45,46)41-13-15-49-17-19-51-20-18-50-16-14-42(53(47,48)34-11-7-28(2)8-12-34)36-24-30(4)22-32-26-44(40-38(32)36)43-25-31-21-29(3)23-35(41)37(31)39-43/h5-12,21-26H,13-20H2,1-4H3. The molecule has 0 amide bonds. The SMILES string of the molecule is Cc1ccc(S(=O)(=O)N2CCOCCOCCOCCN(S(=O)(=O)c3ccc(C)cc3)c3cc(C)cc4cn(nc34)-n3cc4cc(C)cc2c4n3)cc1. The largest absolute Gasteiger partial charge is 0.377 e. The topological polar surface area (TPSA) is 138 Å². The molecule has 278 valence electrons. The molecule has 7 rings (SSSR count). The van der Waals surface area contributed by atoms with Crippen molar-refractivity contribution < 1.29 is 31.0 Å². The van der Waals surface area contributed by atoms with Crippen LogP contribution < -0.4 is 8.61 Å². The van der Waals surface area contributed by atoms with E-state index in [2.05, 4.69) is 0 Å². The monoisotopic (exact) mass is 758 g/mol. The Morgan fingerprint density at radius 1 is 0.491 bits per heavy atom. The maximum atomic E-state index is 14.3. The highest BCUT2D eigenvalue weighted by Crippen LogP contribution is 2.34. The molecule has 0 aliphatic carbocycles. The molecule has 0 saturated heterocycles. The van der Waals surface area contributed by atoms with Crippen LogP contribution in [0.2, 0.25) is 0 Å². The van der Waals surface area contributed by atoms with E-state index < -0.39 is 20.0 Å². The van der Waals surface area contributed by atoms with E-state index in [1.54, 1.807) is 73.1 Å². The molecule has 1 aliphatic heterocycles. The number of sulfonamides is 2. The Balaban J connectivity index is 1.38. The van der Waals surface area contributed by atoms with Crippen LogP contribution in [0.1, 0.15) is 22.3 Å². The fraction of sp³-hybridized carbons (Fsp3) is 0.316. The Morgan fingerprint density at radius 3 is 1.23 bits per heavy atom. The van der Waals surface area contributed by atoms with E-state index >= 15 is 0 Å². The second-order valence-electron chi connectivity index (χ2n) is 13.2. The number of benzene rings is 4. The number of hydrogen-bond acceptors (Lipinski definition) is 9. The van der Waals surface area contributed by atoms with Crippen LogP contribution in [0.25, 0.3) is 21.8 Å². The van der Waals surface area contributed by atoms with Gasteiger partial charge < -0.3 is 14.2 Å². The predicted molar refractivity (Wildman–Crippen MR) is 204 cm³/mol. The maximum absolute atomic E-state index is 14.3. The molecule has 3 heterocycles. The first-order valence-electron chi connectivity index (χ1n) is 17.3. The summed E-state index contributed by atoms with van der Waals surface area (Å²) in [5.74, 6) is 0. The zero-order chi connectivity index (χ0) is 37.3. The Bertz CT molecular complexity index is 2310. The van der Waals surface area contributed by atoms with Gasteiger partial charge in [0.05, 0.1) is 86.3 Å². The van der Waals surface area contributed by atoms with Gasteiger partial charge in [-0.25, -0.2) is 16.8 Å². The maximum Gasteiger partial charge on any atom is 0.264 e. The summed E-state index contributed by atoms with van der Waals surface area (Å²) in [4.78, 5) is 3.36. The van der Waals surface area contributed by atoms with Crippen molar-refractivity contribution in [2.75, 3.05) is 61.3 Å². The minimum Gasteiger partial charge on any atom is -0.377 e. The van der Waals surface area contributed by atoms with Gasteiger partial charge in [-0.15, -0.1) is 10.2 Å². The average Bonchev–Trinajstić information content (AvgIpc) is 3.74. The van der Waals surface area contributed by atoms with E-state index in [4.69, 9.17) is 24.4 Å². The average molecular weight is 759 g/mol. The van der Waals surface area contributed by atoms with Crippen LogP contribution in [0.4, 0.5) is 11.4 Å².